The number of hydrogen-bond donors (Lipinski definition) is 0. The molecule has 0 aliphatic heterocycles. The van der Waals surface area contributed by atoms with Crippen LogP contribution in [0.1, 0.15) is 0 Å². The average molecular weight is 232 g/mol. The largest absolute Gasteiger partial charge is 0.465 e. The molecule has 0 aromatic heterocycles. The van der Waals surface area contributed by atoms with E-state index in [4.69, 9.17) is 0 Å². The van der Waals surface area contributed by atoms with Crippen molar-refractivity contribution in [2.24, 2.45) is 4.99 Å². The summed E-state index contributed by atoms with van der Waals surface area (Å²) < 4.78 is 4.51. The second-order valence-corrected chi connectivity index (χ2v) is 2.41. The highest BCUT2D eigenvalue weighted by Crippen LogP contribution is 2.11. The van der Waals surface area contributed by atoms with Gasteiger partial charge in [-0.3, -0.25) is 4.99 Å². The van der Waals surface area contributed by atoms with Gasteiger partial charge in [0.25, 0.3) is 0 Å². The summed E-state index contributed by atoms with van der Waals surface area (Å²) in [6.07, 6.45) is 1.40. The molecule has 0 aromatic carbocycles. The fourth-order valence-corrected chi connectivity index (χ4v) is 1.11. The number of nitrogens with zero attached hydrogens (tertiary/aromatic N) is 1. The zero-order valence-electron chi connectivity index (χ0n) is 6.84. The number of methoxy groups -OCH3 is 1. The van der Waals surface area contributed by atoms with E-state index in [-0.39, 0.29) is 0 Å². The van der Waals surface area contributed by atoms with Crippen molar-refractivity contribution in [3.8, 4) is 0 Å². The molecular formula is C8H10BrNO2. The molecule has 0 fully saturated rings. The molecule has 0 N–H and O–H groups in total. The van der Waals surface area contributed by atoms with Gasteiger partial charge in [-0.25, -0.2) is 4.79 Å². The molecule has 12 heavy (non-hydrogen) atoms. The van der Waals surface area contributed by atoms with E-state index in [1.165, 1.54) is 13.2 Å². The molecule has 0 aliphatic rings. The number of rotatable bonds is 4. The van der Waals surface area contributed by atoms with Crippen molar-refractivity contribution in [2.45, 2.75) is 0 Å². The number of hydrogen-bond acceptors (Lipinski definition) is 3. The van der Waals surface area contributed by atoms with Crippen LogP contribution >= 0.6 is 15.9 Å². The molecule has 0 heterocycles. The fourth-order valence-electron chi connectivity index (χ4n) is 0.628. The van der Waals surface area contributed by atoms with Crippen LogP contribution in [-0.2, 0) is 9.53 Å². The predicted octanol–water partition coefficient (Wildman–Crippen LogP) is 1.70. The Morgan fingerprint density at radius 1 is 1.75 bits per heavy atom. The van der Waals surface area contributed by atoms with Crippen LogP contribution in [-0.4, -0.2) is 25.1 Å². The molecule has 4 heteroatoms. The Morgan fingerprint density at radius 3 is 2.58 bits per heavy atom. The van der Waals surface area contributed by atoms with Crippen molar-refractivity contribution in [3.63, 3.8) is 0 Å². The van der Waals surface area contributed by atoms with E-state index in [0.29, 0.717) is 16.6 Å². The second-order valence-electron chi connectivity index (χ2n) is 1.85. The molecule has 0 atom stereocenters. The molecule has 0 unspecified atom stereocenters. The molecular weight excluding hydrogens is 222 g/mol. The molecule has 0 saturated carbocycles. The number of halogens is 1. The fraction of sp³-hybridized carbons (Fsp3) is 0.250. The van der Waals surface area contributed by atoms with Crippen LogP contribution in [0.5, 0.6) is 0 Å². The number of ether oxygens (including phenoxy) is 1. The van der Waals surface area contributed by atoms with Crippen molar-refractivity contribution < 1.29 is 9.53 Å². The van der Waals surface area contributed by atoms with Gasteiger partial charge in [-0.1, -0.05) is 28.6 Å². The van der Waals surface area contributed by atoms with Crippen LogP contribution in [0.3, 0.4) is 0 Å². The number of aliphatic imine (C=N–C) groups is 1. The zero-order chi connectivity index (χ0) is 9.56. The first kappa shape index (κ1) is 11.1. The summed E-state index contributed by atoms with van der Waals surface area (Å²) in [5.41, 5.74) is 0.862. The van der Waals surface area contributed by atoms with Crippen LogP contribution in [0.4, 0.5) is 0 Å². The molecule has 0 aromatic rings. The van der Waals surface area contributed by atoms with Gasteiger partial charge in [0.15, 0.2) is 0 Å². The molecule has 3 nitrogen and oxygen atoms in total. The minimum absolute atomic E-state index is 0.337. The maximum Gasteiger partial charge on any atom is 0.339 e. The van der Waals surface area contributed by atoms with Gasteiger partial charge in [0, 0.05) is 5.33 Å². The van der Waals surface area contributed by atoms with Gasteiger partial charge in [0.05, 0.1) is 18.4 Å². The molecule has 0 spiro atoms. The third-order valence-corrected chi connectivity index (χ3v) is 1.77. The minimum Gasteiger partial charge on any atom is -0.465 e. The van der Waals surface area contributed by atoms with Gasteiger partial charge in [-0.2, -0.15) is 0 Å². The molecule has 0 radical (unpaired) electrons. The Bertz CT molecular complexity index is 233. The Hall–Kier alpha value is -0.900. The Kier molecular flexibility index (Phi) is 5.28. The maximum atomic E-state index is 11.0. The first-order valence-corrected chi connectivity index (χ1v) is 4.30. The molecule has 0 aliphatic carbocycles. The van der Waals surface area contributed by atoms with Crippen LogP contribution in [0, 0.1) is 0 Å². The smallest absolute Gasteiger partial charge is 0.339 e. The first-order valence-electron chi connectivity index (χ1n) is 3.17. The Labute approximate surface area is 80.0 Å². The molecule has 0 saturated heterocycles. The molecule has 66 valence electrons. The summed E-state index contributed by atoms with van der Waals surface area (Å²) in [4.78, 5) is 14.7. The SMILES string of the molecule is C=C/C(C(=O)OC)=C(/CBr)N=C. The van der Waals surface area contributed by atoms with Gasteiger partial charge in [0.1, 0.15) is 0 Å². The molecule has 0 bridgehead atoms. The summed E-state index contributed by atoms with van der Waals surface area (Å²) in [6, 6.07) is 0. The Morgan fingerprint density at radius 2 is 2.33 bits per heavy atom. The number of esters is 1. The lowest BCUT2D eigenvalue weighted by molar-refractivity contribution is -0.135. The van der Waals surface area contributed by atoms with Crippen molar-refractivity contribution >= 4 is 28.6 Å². The number of alkyl halides is 1. The highest BCUT2D eigenvalue weighted by molar-refractivity contribution is 9.09. The lowest BCUT2D eigenvalue weighted by Gasteiger charge is -2.02. The molecule has 0 rings (SSSR count). The summed E-state index contributed by atoms with van der Waals surface area (Å²) >= 11 is 3.17. The van der Waals surface area contributed by atoms with E-state index in [9.17, 15) is 4.79 Å². The number of carbonyl (C=O) groups excluding carboxylic acids is 1. The third kappa shape index (κ3) is 2.62. The number of allylic oxidation sites excluding steroid dienone is 1. The third-order valence-electron chi connectivity index (χ3n) is 1.24. The average Bonchev–Trinajstić information content (AvgIpc) is 2.12. The zero-order valence-corrected chi connectivity index (χ0v) is 8.43. The summed E-state index contributed by atoms with van der Waals surface area (Å²) in [6.45, 7) is 6.80. The normalized spacial score (nSPS) is 11.5. The van der Waals surface area contributed by atoms with Gasteiger partial charge >= 0.3 is 5.97 Å². The van der Waals surface area contributed by atoms with E-state index in [2.05, 4.69) is 39.0 Å². The lowest BCUT2D eigenvalue weighted by Crippen LogP contribution is -2.05. The monoisotopic (exact) mass is 231 g/mol. The maximum absolute atomic E-state index is 11.0. The molecule has 0 amide bonds. The van der Waals surface area contributed by atoms with Crippen molar-refractivity contribution in [1.29, 1.82) is 0 Å². The quantitative estimate of drug-likeness (QED) is 0.243. The minimum atomic E-state index is -0.452. The van der Waals surface area contributed by atoms with E-state index in [1.54, 1.807) is 0 Å². The van der Waals surface area contributed by atoms with Crippen LogP contribution in [0.2, 0.25) is 0 Å². The van der Waals surface area contributed by atoms with Crippen molar-refractivity contribution in [3.05, 3.63) is 23.9 Å². The van der Waals surface area contributed by atoms with E-state index in [1.807, 2.05) is 0 Å². The highest BCUT2D eigenvalue weighted by atomic mass is 79.9. The highest BCUT2D eigenvalue weighted by Gasteiger charge is 2.10. The van der Waals surface area contributed by atoms with Crippen LogP contribution < -0.4 is 0 Å². The van der Waals surface area contributed by atoms with Crippen molar-refractivity contribution in [1.82, 2.24) is 0 Å². The summed E-state index contributed by atoms with van der Waals surface area (Å²) in [5.74, 6) is -0.452. The standard InChI is InChI=1S/C8H10BrNO2/c1-4-6(8(11)12-3)7(5-9)10-2/h4H,1-2,5H2,3H3/b7-6+. The Balaban J connectivity index is 4.93. The van der Waals surface area contributed by atoms with Gasteiger partial charge in [-0.05, 0) is 6.72 Å². The summed E-state index contributed by atoms with van der Waals surface area (Å²) in [7, 11) is 1.31. The van der Waals surface area contributed by atoms with Crippen LogP contribution in [0.25, 0.3) is 0 Å². The lowest BCUT2D eigenvalue weighted by atomic mass is 10.2. The van der Waals surface area contributed by atoms with Gasteiger partial charge < -0.3 is 4.74 Å². The summed E-state index contributed by atoms with van der Waals surface area (Å²) in [5, 5.41) is 0.451. The second kappa shape index (κ2) is 5.71. The topological polar surface area (TPSA) is 38.7 Å². The predicted molar refractivity (Wildman–Crippen MR) is 52.6 cm³/mol. The first-order chi connectivity index (χ1) is 5.71. The van der Waals surface area contributed by atoms with Gasteiger partial charge in [0.2, 0.25) is 0 Å². The van der Waals surface area contributed by atoms with E-state index >= 15 is 0 Å². The number of carbonyl (C=O) groups is 1. The van der Waals surface area contributed by atoms with E-state index in [0.717, 1.165) is 0 Å². The van der Waals surface area contributed by atoms with Crippen molar-refractivity contribution in [2.75, 3.05) is 12.4 Å². The van der Waals surface area contributed by atoms with Crippen LogP contribution in [0.15, 0.2) is 28.9 Å². The van der Waals surface area contributed by atoms with E-state index < -0.39 is 5.97 Å². The van der Waals surface area contributed by atoms with Gasteiger partial charge in [-0.15, -0.1) is 0 Å².